The summed E-state index contributed by atoms with van der Waals surface area (Å²) in [7, 11) is 3.34. The molecule has 0 unspecified atom stereocenters. The Hall–Kier alpha value is -2.82. The second-order valence-electron chi connectivity index (χ2n) is 6.61. The van der Waals surface area contributed by atoms with E-state index in [1.165, 1.54) is 10.5 Å². The van der Waals surface area contributed by atoms with Gasteiger partial charge in [-0.05, 0) is 35.2 Å². The lowest BCUT2D eigenvalue weighted by molar-refractivity contribution is -0.161. The van der Waals surface area contributed by atoms with Gasteiger partial charge in [0.1, 0.15) is 5.75 Å². The Balaban J connectivity index is 1.85. The zero-order chi connectivity index (χ0) is 17.6. The monoisotopic (exact) mass is 336 g/mol. The molecule has 2 heterocycles. The summed E-state index contributed by atoms with van der Waals surface area (Å²) >= 11 is 0. The second kappa shape index (κ2) is 5.92. The SMILES string of the molecule is COc1ccc2c(c1)C[C@H](c1ccccc1)N1C(=O)C(=O)N(C)C[C@@H]21. The fourth-order valence-corrected chi connectivity index (χ4v) is 3.92. The number of likely N-dealkylation sites (N-methyl/N-ethyl adjacent to an activating group) is 1. The summed E-state index contributed by atoms with van der Waals surface area (Å²) < 4.78 is 5.37. The van der Waals surface area contributed by atoms with E-state index in [1.54, 1.807) is 19.1 Å². The average molecular weight is 336 g/mol. The third kappa shape index (κ3) is 2.47. The Labute approximate surface area is 146 Å². The molecule has 0 N–H and O–H groups in total. The van der Waals surface area contributed by atoms with Crippen molar-refractivity contribution in [2.45, 2.75) is 18.5 Å². The number of rotatable bonds is 2. The van der Waals surface area contributed by atoms with Gasteiger partial charge in [-0.2, -0.15) is 0 Å². The molecule has 0 spiro atoms. The van der Waals surface area contributed by atoms with Crippen molar-refractivity contribution in [3.63, 3.8) is 0 Å². The van der Waals surface area contributed by atoms with Crippen molar-refractivity contribution in [3.8, 4) is 5.75 Å². The van der Waals surface area contributed by atoms with Crippen LogP contribution < -0.4 is 4.74 Å². The van der Waals surface area contributed by atoms with Gasteiger partial charge in [0.25, 0.3) is 0 Å². The minimum absolute atomic E-state index is 0.130. The third-order valence-electron chi connectivity index (χ3n) is 5.19. The maximum Gasteiger partial charge on any atom is 0.313 e. The van der Waals surface area contributed by atoms with E-state index >= 15 is 0 Å². The normalized spacial score (nSPS) is 22.5. The molecule has 4 rings (SSSR count). The van der Waals surface area contributed by atoms with Crippen LogP contribution in [-0.2, 0) is 16.0 Å². The number of piperazine rings is 1. The van der Waals surface area contributed by atoms with E-state index in [0.717, 1.165) is 16.9 Å². The second-order valence-corrected chi connectivity index (χ2v) is 6.61. The van der Waals surface area contributed by atoms with E-state index in [-0.39, 0.29) is 12.1 Å². The first-order chi connectivity index (χ1) is 12.1. The Morgan fingerprint density at radius 1 is 1.00 bits per heavy atom. The van der Waals surface area contributed by atoms with E-state index < -0.39 is 11.8 Å². The number of ether oxygens (including phenoxy) is 1. The number of hydrogen-bond donors (Lipinski definition) is 0. The molecule has 1 fully saturated rings. The van der Waals surface area contributed by atoms with Crippen molar-refractivity contribution in [3.05, 3.63) is 65.2 Å². The Kier molecular flexibility index (Phi) is 3.71. The summed E-state index contributed by atoms with van der Waals surface area (Å²) in [6.07, 6.45) is 0.676. The maximum atomic E-state index is 12.8. The lowest BCUT2D eigenvalue weighted by Crippen LogP contribution is -2.57. The van der Waals surface area contributed by atoms with Gasteiger partial charge in [0.2, 0.25) is 0 Å². The highest BCUT2D eigenvalue weighted by molar-refractivity contribution is 6.35. The lowest BCUT2D eigenvalue weighted by atomic mass is 9.83. The predicted molar refractivity (Wildman–Crippen MR) is 93.1 cm³/mol. The molecule has 0 bridgehead atoms. The molecule has 0 radical (unpaired) electrons. The molecule has 2 aliphatic heterocycles. The molecule has 25 heavy (non-hydrogen) atoms. The molecule has 2 atom stereocenters. The van der Waals surface area contributed by atoms with Crippen molar-refractivity contribution < 1.29 is 14.3 Å². The molecular formula is C20H20N2O3. The van der Waals surface area contributed by atoms with Gasteiger partial charge in [0.05, 0.1) is 19.2 Å². The number of methoxy groups -OCH3 is 1. The molecule has 2 aromatic carbocycles. The first kappa shape index (κ1) is 15.7. The first-order valence-corrected chi connectivity index (χ1v) is 8.39. The van der Waals surface area contributed by atoms with Crippen LogP contribution >= 0.6 is 0 Å². The minimum Gasteiger partial charge on any atom is -0.497 e. The molecule has 128 valence electrons. The van der Waals surface area contributed by atoms with Crippen LogP contribution in [0.4, 0.5) is 0 Å². The van der Waals surface area contributed by atoms with Crippen LogP contribution in [0, 0.1) is 0 Å². The Morgan fingerprint density at radius 3 is 2.48 bits per heavy atom. The minimum atomic E-state index is -0.436. The summed E-state index contributed by atoms with van der Waals surface area (Å²) in [5, 5.41) is 0. The average Bonchev–Trinajstić information content (AvgIpc) is 2.65. The van der Waals surface area contributed by atoms with E-state index in [1.807, 2.05) is 48.5 Å². The van der Waals surface area contributed by atoms with Crippen LogP contribution in [0.2, 0.25) is 0 Å². The van der Waals surface area contributed by atoms with Crippen molar-refractivity contribution in [2.24, 2.45) is 0 Å². The summed E-state index contributed by atoms with van der Waals surface area (Å²) in [6.45, 7) is 0.507. The van der Waals surface area contributed by atoms with Crippen molar-refractivity contribution in [1.82, 2.24) is 9.80 Å². The molecule has 2 aromatic rings. The number of benzene rings is 2. The molecule has 0 saturated carbocycles. The van der Waals surface area contributed by atoms with E-state index in [0.29, 0.717) is 13.0 Å². The largest absolute Gasteiger partial charge is 0.497 e. The van der Waals surface area contributed by atoms with Crippen molar-refractivity contribution in [1.29, 1.82) is 0 Å². The molecule has 2 aliphatic rings. The highest BCUT2D eigenvalue weighted by Gasteiger charge is 2.45. The van der Waals surface area contributed by atoms with Gasteiger partial charge in [-0.25, -0.2) is 0 Å². The van der Waals surface area contributed by atoms with Gasteiger partial charge in [-0.15, -0.1) is 0 Å². The standard InChI is InChI=1S/C20H20N2O3/c1-21-12-18-16-9-8-15(25-2)10-14(16)11-17(13-6-4-3-5-7-13)22(18)20(24)19(21)23/h3-10,17-18H,11-12H2,1-2H3/t17-,18+/m1/s1. The van der Waals surface area contributed by atoms with Gasteiger partial charge < -0.3 is 14.5 Å². The van der Waals surface area contributed by atoms with Crippen LogP contribution in [0.3, 0.4) is 0 Å². The fourth-order valence-electron chi connectivity index (χ4n) is 3.92. The van der Waals surface area contributed by atoms with Crippen LogP contribution in [0.25, 0.3) is 0 Å². The first-order valence-electron chi connectivity index (χ1n) is 8.39. The topological polar surface area (TPSA) is 49.9 Å². The van der Waals surface area contributed by atoms with Gasteiger partial charge >= 0.3 is 11.8 Å². The van der Waals surface area contributed by atoms with Gasteiger partial charge in [-0.1, -0.05) is 36.4 Å². The van der Waals surface area contributed by atoms with Gasteiger partial charge in [0, 0.05) is 13.6 Å². The van der Waals surface area contributed by atoms with Crippen LogP contribution in [-0.4, -0.2) is 42.3 Å². The van der Waals surface area contributed by atoms with Crippen molar-refractivity contribution >= 4 is 11.8 Å². The van der Waals surface area contributed by atoms with Gasteiger partial charge in [0.15, 0.2) is 0 Å². The number of amides is 2. The number of carbonyl (C=O) groups excluding carboxylic acids is 2. The molecule has 5 nitrogen and oxygen atoms in total. The van der Waals surface area contributed by atoms with Crippen LogP contribution in [0.15, 0.2) is 48.5 Å². The van der Waals surface area contributed by atoms with Crippen LogP contribution in [0.5, 0.6) is 5.75 Å². The number of hydrogen-bond acceptors (Lipinski definition) is 3. The smallest absolute Gasteiger partial charge is 0.313 e. The lowest BCUT2D eigenvalue weighted by Gasteiger charge is -2.47. The quantitative estimate of drug-likeness (QED) is 0.791. The molecule has 1 saturated heterocycles. The number of nitrogens with zero attached hydrogens (tertiary/aromatic N) is 2. The highest BCUT2D eigenvalue weighted by Crippen LogP contribution is 2.43. The Bertz CT molecular complexity index is 834. The van der Waals surface area contributed by atoms with Crippen molar-refractivity contribution in [2.75, 3.05) is 20.7 Å². The fraction of sp³-hybridized carbons (Fsp3) is 0.300. The highest BCUT2D eigenvalue weighted by atomic mass is 16.5. The number of carbonyl (C=O) groups is 2. The van der Waals surface area contributed by atoms with E-state index in [4.69, 9.17) is 4.74 Å². The van der Waals surface area contributed by atoms with Gasteiger partial charge in [-0.3, -0.25) is 9.59 Å². The molecular weight excluding hydrogens is 316 g/mol. The third-order valence-corrected chi connectivity index (χ3v) is 5.19. The predicted octanol–water partition coefficient (Wildman–Crippen LogP) is 2.33. The zero-order valence-corrected chi connectivity index (χ0v) is 14.3. The summed E-state index contributed by atoms with van der Waals surface area (Å²) in [4.78, 5) is 28.4. The molecule has 5 heteroatoms. The van der Waals surface area contributed by atoms with E-state index in [9.17, 15) is 9.59 Å². The molecule has 0 aromatic heterocycles. The summed E-state index contributed by atoms with van der Waals surface area (Å²) in [6, 6.07) is 15.6. The number of fused-ring (bicyclic) bond motifs is 3. The molecule has 2 amide bonds. The van der Waals surface area contributed by atoms with Crippen LogP contribution in [0.1, 0.15) is 28.8 Å². The maximum absolute atomic E-state index is 12.8. The zero-order valence-electron chi connectivity index (χ0n) is 14.3. The summed E-state index contributed by atoms with van der Waals surface area (Å²) in [5.41, 5.74) is 3.32. The van der Waals surface area contributed by atoms with E-state index in [2.05, 4.69) is 0 Å². The molecule has 0 aliphatic carbocycles. The summed E-state index contributed by atoms with van der Waals surface area (Å²) in [5.74, 6) is -0.0474. The Morgan fingerprint density at radius 2 is 1.76 bits per heavy atom.